The molecular formula is C15H13NO. The lowest BCUT2D eigenvalue weighted by Gasteiger charge is -2.18. The average molecular weight is 223 g/mol. The van der Waals surface area contributed by atoms with Gasteiger partial charge in [-0.05, 0) is 30.7 Å². The van der Waals surface area contributed by atoms with Gasteiger partial charge in [0.25, 0.3) is 0 Å². The first kappa shape index (κ1) is 10.1. The van der Waals surface area contributed by atoms with Crippen molar-refractivity contribution < 1.29 is 4.74 Å². The number of benzene rings is 2. The van der Waals surface area contributed by atoms with E-state index in [1.807, 2.05) is 42.5 Å². The van der Waals surface area contributed by atoms with Crippen LogP contribution in [0.4, 0.5) is 5.69 Å². The molecule has 0 aromatic heterocycles. The van der Waals surface area contributed by atoms with Crippen LogP contribution in [-0.2, 0) is 11.3 Å². The summed E-state index contributed by atoms with van der Waals surface area (Å²) in [6, 6.07) is 16.2. The zero-order valence-electron chi connectivity index (χ0n) is 9.68. The van der Waals surface area contributed by atoms with Crippen LogP contribution >= 0.6 is 0 Å². The lowest BCUT2D eigenvalue weighted by molar-refractivity contribution is 0.287. The quantitative estimate of drug-likeness (QED) is 0.723. The van der Waals surface area contributed by atoms with E-state index >= 15 is 0 Å². The van der Waals surface area contributed by atoms with E-state index in [2.05, 4.69) is 18.0 Å². The number of fused-ring (bicyclic) bond motifs is 1. The highest BCUT2D eigenvalue weighted by atomic mass is 16.5. The van der Waals surface area contributed by atoms with Crippen LogP contribution in [0.5, 0.6) is 0 Å². The number of aliphatic imine (C=N–C) groups is 1. The van der Waals surface area contributed by atoms with Crippen LogP contribution in [0.2, 0.25) is 0 Å². The summed E-state index contributed by atoms with van der Waals surface area (Å²) in [4.78, 5) is 4.57. The number of aryl methyl sites for hydroxylation is 1. The Morgan fingerprint density at radius 3 is 2.65 bits per heavy atom. The molecule has 0 amide bonds. The van der Waals surface area contributed by atoms with Crippen LogP contribution in [0, 0.1) is 6.92 Å². The molecule has 2 heteroatoms. The van der Waals surface area contributed by atoms with E-state index in [0.717, 1.165) is 11.3 Å². The summed E-state index contributed by atoms with van der Waals surface area (Å²) >= 11 is 0. The van der Waals surface area contributed by atoms with Crippen molar-refractivity contribution >= 4 is 11.6 Å². The first-order chi connectivity index (χ1) is 8.34. The Morgan fingerprint density at radius 1 is 1.00 bits per heavy atom. The van der Waals surface area contributed by atoms with Gasteiger partial charge in [0.05, 0.1) is 5.69 Å². The standard InChI is InChI=1S/C15H13NO/c1-11-6-5-9-14-13(11)10-17-15(16-14)12-7-3-2-4-8-12/h2-9H,10H2,1H3. The molecule has 0 saturated heterocycles. The van der Waals surface area contributed by atoms with Crippen LogP contribution in [0.1, 0.15) is 16.7 Å². The third-order valence-corrected chi connectivity index (χ3v) is 2.98. The highest BCUT2D eigenvalue weighted by molar-refractivity contribution is 5.96. The van der Waals surface area contributed by atoms with Crippen molar-refractivity contribution in [2.24, 2.45) is 4.99 Å². The Hall–Kier alpha value is -2.09. The van der Waals surface area contributed by atoms with Gasteiger partial charge in [0.15, 0.2) is 0 Å². The minimum absolute atomic E-state index is 0.607. The number of hydrogen-bond acceptors (Lipinski definition) is 2. The van der Waals surface area contributed by atoms with Crippen molar-refractivity contribution in [3.8, 4) is 0 Å². The summed E-state index contributed by atoms with van der Waals surface area (Å²) in [7, 11) is 0. The van der Waals surface area contributed by atoms with E-state index in [1.54, 1.807) is 0 Å². The molecule has 2 aromatic carbocycles. The van der Waals surface area contributed by atoms with Crippen LogP contribution in [-0.4, -0.2) is 5.90 Å². The molecule has 1 aliphatic rings. The summed E-state index contributed by atoms with van der Waals surface area (Å²) in [6.45, 7) is 2.70. The molecule has 0 bridgehead atoms. The Morgan fingerprint density at radius 2 is 1.82 bits per heavy atom. The van der Waals surface area contributed by atoms with Gasteiger partial charge in [0, 0.05) is 11.1 Å². The molecule has 84 valence electrons. The maximum atomic E-state index is 5.72. The second-order valence-electron chi connectivity index (χ2n) is 4.14. The summed E-state index contributed by atoms with van der Waals surface area (Å²) < 4.78 is 5.72. The first-order valence-corrected chi connectivity index (χ1v) is 5.70. The van der Waals surface area contributed by atoms with Gasteiger partial charge >= 0.3 is 0 Å². The van der Waals surface area contributed by atoms with Gasteiger partial charge in [-0.25, -0.2) is 4.99 Å². The molecule has 0 aliphatic carbocycles. The fourth-order valence-electron chi connectivity index (χ4n) is 1.99. The lowest BCUT2D eigenvalue weighted by Crippen LogP contribution is -2.11. The maximum absolute atomic E-state index is 5.72. The number of nitrogens with zero attached hydrogens (tertiary/aromatic N) is 1. The van der Waals surface area contributed by atoms with Crippen LogP contribution in [0.15, 0.2) is 53.5 Å². The van der Waals surface area contributed by atoms with E-state index in [4.69, 9.17) is 4.74 Å². The molecule has 0 fully saturated rings. The van der Waals surface area contributed by atoms with Gasteiger partial charge in [-0.1, -0.05) is 30.3 Å². The SMILES string of the molecule is Cc1cccc2c1COC(c1ccccc1)=N2. The fourth-order valence-corrected chi connectivity index (χ4v) is 1.99. The topological polar surface area (TPSA) is 21.6 Å². The van der Waals surface area contributed by atoms with E-state index in [-0.39, 0.29) is 0 Å². The molecule has 2 nitrogen and oxygen atoms in total. The van der Waals surface area contributed by atoms with Crippen molar-refractivity contribution in [3.05, 3.63) is 65.2 Å². The van der Waals surface area contributed by atoms with Gasteiger partial charge in [-0.2, -0.15) is 0 Å². The largest absolute Gasteiger partial charge is 0.472 e. The van der Waals surface area contributed by atoms with Gasteiger partial charge in [0.1, 0.15) is 6.61 Å². The molecule has 0 radical (unpaired) electrons. The van der Waals surface area contributed by atoms with Gasteiger partial charge < -0.3 is 4.74 Å². The third-order valence-electron chi connectivity index (χ3n) is 2.98. The van der Waals surface area contributed by atoms with Crippen LogP contribution in [0.3, 0.4) is 0 Å². The second kappa shape index (κ2) is 4.06. The Bertz CT molecular complexity index is 573. The lowest BCUT2D eigenvalue weighted by atomic mass is 10.1. The highest BCUT2D eigenvalue weighted by Gasteiger charge is 2.15. The maximum Gasteiger partial charge on any atom is 0.221 e. The number of hydrogen-bond donors (Lipinski definition) is 0. The van der Waals surface area contributed by atoms with Gasteiger partial charge in [-0.3, -0.25) is 0 Å². The number of rotatable bonds is 1. The zero-order chi connectivity index (χ0) is 11.7. The summed E-state index contributed by atoms with van der Waals surface area (Å²) in [5.41, 5.74) is 4.47. The molecule has 17 heavy (non-hydrogen) atoms. The molecule has 0 N–H and O–H groups in total. The fraction of sp³-hybridized carbons (Fsp3) is 0.133. The van der Waals surface area contributed by atoms with E-state index < -0.39 is 0 Å². The van der Waals surface area contributed by atoms with Crippen molar-refractivity contribution in [3.63, 3.8) is 0 Å². The summed E-state index contributed by atoms with van der Waals surface area (Å²) in [6.07, 6.45) is 0. The van der Waals surface area contributed by atoms with Crippen LogP contribution < -0.4 is 0 Å². The van der Waals surface area contributed by atoms with Gasteiger partial charge in [0.2, 0.25) is 5.90 Å². The molecule has 0 saturated carbocycles. The van der Waals surface area contributed by atoms with Crippen LogP contribution in [0.25, 0.3) is 0 Å². The van der Waals surface area contributed by atoms with Gasteiger partial charge in [-0.15, -0.1) is 0 Å². The normalized spacial score (nSPS) is 13.6. The van der Waals surface area contributed by atoms with E-state index in [1.165, 1.54) is 11.1 Å². The second-order valence-corrected chi connectivity index (χ2v) is 4.14. The summed E-state index contributed by atoms with van der Waals surface area (Å²) in [5.74, 6) is 0.712. The number of ether oxygens (including phenoxy) is 1. The molecule has 1 aliphatic heterocycles. The Kier molecular flexibility index (Phi) is 2.41. The molecule has 0 spiro atoms. The molecule has 3 rings (SSSR count). The smallest absolute Gasteiger partial charge is 0.221 e. The highest BCUT2D eigenvalue weighted by Crippen LogP contribution is 2.28. The minimum Gasteiger partial charge on any atom is -0.472 e. The molecule has 0 unspecified atom stereocenters. The molecule has 0 atom stereocenters. The Labute approximate surface area is 101 Å². The molecule has 2 aromatic rings. The average Bonchev–Trinajstić information content (AvgIpc) is 2.40. The monoisotopic (exact) mass is 223 g/mol. The van der Waals surface area contributed by atoms with Crippen molar-refractivity contribution in [1.82, 2.24) is 0 Å². The first-order valence-electron chi connectivity index (χ1n) is 5.70. The Balaban J connectivity index is 2.07. The van der Waals surface area contributed by atoms with Crippen molar-refractivity contribution in [2.45, 2.75) is 13.5 Å². The molecule has 1 heterocycles. The predicted molar refractivity (Wildman–Crippen MR) is 68.6 cm³/mol. The van der Waals surface area contributed by atoms with E-state index in [0.29, 0.717) is 12.5 Å². The van der Waals surface area contributed by atoms with Crippen molar-refractivity contribution in [1.29, 1.82) is 0 Å². The molecular weight excluding hydrogens is 210 g/mol. The zero-order valence-corrected chi connectivity index (χ0v) is 9.68. The summed E-state index contributed by atoms with van der Waals surface area (Å²) in [5, 5.41) is 0. The minimum atomic E-state index is 0.607. The van der Waals surface area contributed by atoms with E-state index in [9.17, 15) is 0 Å². The van der Waals surface area contributed by atoms with Crippen molar-refractivity contribution in [2.75, 3.05) is 0 Å². The predicted octanol–water partition coefficient (Wildman–Crippen LogP) is 3.60. The third kappa shape index (κ3) is 1.82.